The molecule has 0 spiro atoms. The van der Waals surface area contributed by atoms with Crippen LogP contribution < -0.4 is 4.90 Å². The molecule has 3 aromatic heterocycles. The van der Waals surface area contributed by atoms with E-state index in [2.05, 4.69) is 11.9 Å². The number of thiophene rings is 1. The van der Waals surface area contributed by atoms with Crippen molar-refractivity contribution in [2.24, 2.45) is 11.8 Å². The summed E-state index contributed by atoms with van der Waals surface area (Å²) in [6.45, 7) is 3.24. The predicted octanol–water partition coefficient (Wildman–Crippen LogP) is 6.87. The highest BCUT2D eigenvalue weighted by Gasteiger charge is 2.37. The SMILES string of the molecule is C[C@H]1CC[C@H](C(=O)N(c2cc(-c3ccc(-c4cc5ncccc5o4)cc3)sc2C(=O)O)C2CCOC2)CC1. The summed E-state index contributed by atoms with van der Waals surface area (Å²) in [6, 6.07) is 15.2. The van der Waals surface area contributed by atoms with Gasteiger partial charge in [-0.25, -0.2) is 4.79 Å². The predicted molar refractivity (Wildman–Crippen MR) is 148 cm³/mol. The normalized spacial score (nSPS) is 21.6. The van der Waals surface area contributed by atoms with Gasteiger partial charge < -0.3 is 19.2 Å². The molecule has 1 aliphatic heterocycles. The van der Waals surface area contributed by atoms with Crippen LogP contribution in [0.2, 0.25) is 0 Å². The second-order valence-corrected chi connectivity index (χ2v) is 11.4. The first kappa shape index (κ1) is 24.8. The lowest BCUT2D eigenvalue weighted by atomic mass is 9.82. The van der Waals surface area contributed by atoms with Gasteiger partial charge in [0.25, 0.3) is 0 Å². The summed E-state index contributed by atoms with van der Waals surface area (Å²) in [6.07, 6.45) is 6.20. The van der Waals surface area contributed by atoms with Crippen molar-refractivity contribution in [2.45, 2.75) is 45.1 Å². The van der Waals surface area contributed by atoms with Crippen molar-refractivity contribution in [2.75, 3.05) is 18.1 Å². The fraction of sp³-hybridized carbons (Fsp3) is 0.367. The van der Waals surface area contributed by atoms with Crippen LogP contribution in [0.5, 0.6) is 0 Å². The highest BCUT2D eigenvalue weighted by Crippen LogP contribution is 2.41. The molecular formula is C30H30N2O5S. The fourth-order valence-electron chi connectivity index (χ4n) is 5.59. The maximum Gasteiger partial charge on any atom is 0.348 e. The van der Waals surface area contributed by atoms with Crippen molar-refractivity contribution >= 4 is 40.0 Å². The van der Waals surface area contributed by atoms with Crippen LogP contribution in [0.15, 0.2) is 59.1 Å². The third-order valence-corrected chi connectivity index (χ3v) is 8.94. The Kier molecular flexibility index (Phi) is 6.76. The molecule has 1 saturated heterocycles. The fourth-order valence-corrected chi connectivity index (χ4v) is 6.58. The quantitative estimate of drug-likeness (QED) is 0.292. The zero-order chi connectivity index (χ0) is 26.2. The van der Waals surface area contributed by atoms with Gasteiger partial charge in [-0.1, -0.05) is 31.2 Å². The summed E-state index contributed by atoms with van der Waals surface area (Å²) in [4.78, 5) is 33.3. The number of carbonyl (C=O) groups excluding carboxylic acids is 1. The lowest BCUT2D eigenvalue weighted by Gasteiger charge is -2.34. The van der Waals surface area contributed by atoms with E-state index in [1.54, 1.807) is 11.1 Å². The van der Waals surface area contributed by atoms with Gasteiger partial charge in [-0.3, -0.25) is 9.78 Å². The van der Waals surface area contributed by atoms with E-state index in [0.29, 0.717) is 31.2 Å². The number of hydrogen-bond donors (Lipinski definition) is 1. The Morgan fingerprint density at radius 2 is 1.79 bits per heavy atom. The number of anilines is 1. The van der Waals surface area contributed by atoms with Gasteiger partial charge in [-0.15, -0.1) is 11.3 Å². The number of carboxylic acids is 1. The molecule has 38 heavy (non-hydrogen) atoms. The Labute approximate surface area is 225 Å². The van der Waals surface area contributed by atoms with Crippen molar-refractivity contribution in [1.29, 1.82) is 0 Å². The van der Waals surface area contributed by atoms with E-state index in [9.17, 15) is 14.7 Å². The van der Waals surface area contributed by atoms with Gasteiger partial charge in [0.15, 0.2) is 5.58 Å². The summed E-state index contributed by atoms with van der Waals surface area (Å²) in [5, 5.41) is 10.1. The van der Waals surface area contributed by atoms with E-state index >= 15 is 0 Å². The molecule has 7 nitrogen and oxygen atoms in total. The van der Waals surface area contributed by atoms with Crippen molar-refractivity contribution in [1.82, 2.24) is 4.98 Å². The minimum absolute atomic E-state index is 0.0353. The monoisotopic (exact) mass is 530 g/mol. The first-order chi connectivity index (χ1) is 18.5. The first-order valence-electron chi connectivity index (χ1n) is 13.2. The number of carboxylic acid groups (broad SMARTS) is 1. The van der Waals surface area contributed by atoms with Crippen molar-refractivity contribution in [3.63, 3.8) is 0 Å². The second-order valence-electron chi connectivity index (χ2n) is 10.4. The third kappa shape index (κ3) is 4.74. The number of carbonyl (C=O) groups is 2. The molecule has 1 amide bonds. The van der Waals surface area contributed by atoms with Gasteiger partial charge in [-0.05, 0) is 61.8 Å². The van der Waals surface area contributed by atoms with Crippen LogP contribution >= 0.6 is 11.3 Å². The summed E-state index contributed by atoms with van der Waals surface area (Å²) in [5.41, 5.74) is 3.82. The number of pyridine rings is 1. The van der Waals surface area contributed by atoms with Gasteiger partial charge in [0.2, 0.25) is 5.91 Å². The molecule has 4 heterocycles. The number of aromatic nitrogens is 1. The number of benzene rings is 1. The molecule has 1 aromatic carbocycles. The average Bonchev–Trinajstić information content (AvgIpc) is 3.69. The Balaban J connectivity index is 1.33. The number of amides is 1. The third-order valence-electron chi connectivity index (χ3n) is 7.78. The molecule has 1 saturated carbocycles. The Hall–Kier alpha value is -3.49. The zero-order valence-corrected chi connectivity index (χ0v) is 22.1. The topological polar surface area (TPSA) is 92.9 Å². The zero-order valence-electron chi connectivity index (χ0n) is 21.3. The summed E-state index contributed by atoms with van der Waals surface area (Å²) >= 11 is 1.21. The van der Waals surface area contributed by atoms with E-state index in [1.165, 1.54) is 11.3 Å². The van der Waals surface area contributed by atoms with E-state index in [0.717, 1.165) is 58.5 Å². The van der Waals surface area contributed by atoms with Crippen LogP contribution in [0.4, 0.5) is 5.69 Å². The average molecular weight is 531 g/mol. The van der Waals surface area contributed by atoms with Gasteiger partial charge in [0.05, 0.1) is 18.3 Å². The molecule has 2 fully saturated rings. The molecule has 2 aliphatic rings. The lowest BCUT2D eigenvalue weighted by Crippen LogP contribution is -2.45. The van der Waals surface area contributed by atoms with Gasteiger partial charge in [-0.2, -0.15) is 0 Å². The number of ether oxygens (including phenoxy) is 1. The highest BCUT2D eigenvalue weighted by atomic mass is 32.1. The number of aromatic carboxylic acids is 1. The van der Waals surface area contributed by atoms with Crippen LogP contribution in [-0.4, -0.2) is 41.2 Å². The van der Waals surface area contributed by atoms with E-state index in [4.69, 9.17) is 9.15 Å². The molecule has 1 N–H and O–H groups in total. The van der Waals surface area contributed by atoms with Crippen LogP contribution in [0.1, 0.15) is 48.7 Å². The molecule has 8 heteroatoms. The Morgan fingerprint density at radius 1 is 1.03 bits per heavy atom. The minimum atomic E-state index is -1.02. The summed E-state index contributed by atoms with van der Waals surface area (Å²) < 4.78 is 11.6. The maximum atomic E-state index is 13.9. The van der Waals surface area contributed by atoms with E-state index in [-0.39, 0.29) is 22.7 Å². The molecule has 0 radical (unpaired) electrons. The van der Waals surface area contributed by atoms with Gasteiger partial charge in [0.1, 0.15) is 16.2 Å². The number of furan rings is 1. The second kappa shape index (κ2) is 10.3. The molecule has 1 aliphatic carbocycles. The van der Waals surface area contributed by atoms with Crippen molar-refractivity contribution in [3.05, 3.63) is 59.6 Å². The molecule has 0 bridgehead atoms. The van der Waals surface area contributed by atoms with Crippen LogP contribution in [-0.2, 0) is 9.53 Å². The molecule has 1 atom stereocenters. The molecule has 4 aromatic rings. The highest BCUT2D eigenvalue weighted by molar-refractivity contribution is 7.18. The molecule has 196 valence electrons. The minimum Gasteiger partial charge on any atom is -0.477 e. The lowest BCUT2D eigenvalue weighted by molar-refractivity contribution is -0.124. The first-order valence-corrected chi connectivity index (χ1v) is 14.0. The van der Waals surface area contributed by atoms with Crippen LogP contribution in [0.25, 0.3) is 32.9 Å². The molecular weight excluding hydrogens is 500 g/mol. The van der Waals surface area contributed by atoms with Gasteiger partial charge in [0, 0.05) is 35.2 Å². The Bertz CT molecular complexity index is 1430. The number of rotatable bonds is 6. The Morgan fingerprint density at radius 3 is 2.47 bits per heavy atom. The number of hydrogen-bond acceptors (Lipinski definition) is 6. The maximum absolute atomic E-state index is 13.9. The standard InChI is InChI=1S/C30H30N2O5S/c1-18-4-6-21(7-5-18)29(33)32(22-12-14-36-17-22)24-16-27(38-28(24)30(34)35)20-10-8-19(9-11-20)26-15-23-25(37-26)3-2-13-31-23/h2-3,8-11,13,15-16,18,21-22H,4-7,12,14,17H2,1H3,(H,34,35)/t18-,21-,22?. The molecule has 6 rings (SSSR count). The summed E-state index contributed by atoms with van der Waals surface area (Å²) in [7, 11) is 0. The van der Waals surface area contributed by atoms with E-state index in [1.807, 2.05) is 48.5 Å². The van der Waals surface area contributed by atoms with Crippen LogP contribution in [0, 0.1) is 11.8 Å². The number of fused-ring (bicyclic) bond motifs is 1. The number of nitrogens with zero attached hydrogens (tertiary/aromatic N) is 2. The van der Waals surface area contributed by atoms with Crippen LogP contribution in [0.3, 0.4) is 0 Å². The molecule has 1 unspecified atom stereocenters. The van der Waals surface area contributed by atoms with Crippen molar-refractivity contribution in [3.8, 4) is 21.8 Å². The summed E-state index contributed by atoms with van der Waals surface area (Å²) in [5.74, 6) is 0.297. The largest absolute Gasteiger partial charge is 0.477 e. The smallest absolute Gasteiger partial charge is 0.348 e. The van der Waals surface area contributed by atoms with E-state index < -0.39 is 5.97 Å². The van der Waals surface area contributed by atoms with Gasteiger partial charge >= 0.3 is 5.97 Å². The van der Waals surface area contributed by atoms with Crippen molar-refractivity contribution < 1.29 is 23.8 Å².